The summed E-state index contributed by atoms with van der Waals surface area (Å²) in [6, 6.07) is 14.4. The Hall–Kier alpha value is -3.26. The highest BCUT2D eigenvalue weighted by Gasteiger charge is 2.35. The largest absolute Gasteiger partial charge is 0.493 e. The van der Waals surface area contributed by atoms with Gasteiger partial charge in [0.2, 0.25) is 0 Å². The van der Waals surface area contributed by atoms with Gasteiger partial charge in [-0.15, -0.1) is 0 Å². The average Bonchev–Trinajstić information content (AvgIpc) is 3.01. The maximum absolute atomic E-state index is 12.7. The number of imide groups is 1. The third-order valence-corrected chi connectivity index (χ3v) is 5.10. The van der Waals surface area contributed by atoms with Crippen molar-refractivity contribution in [3.05, 3.63) is 64.6 Å². The molecule has 2 amide bonds. The van der Waals surface area contributed by atoms with Crippen molar-refractivity contribution in [2.75, 3.05) is 20.3 Å². The molecule has 1 fully saturated rings. The molecule has 0 radical (unpaired) electrons. The van der Waals surface area contributed by atoms with Crippen LogP contribution in [0.5, 0.6) is 11.5 Å². The van der Waals surface area contributed by atoms with Crippen molar-refractivity contribution in [3.8, 4) is 11.5 Å². The third kappa shape index (κ3) is 5.21. The Balaban J connectivity index is 1.73. The number of rotatable bonds is 8. The van der Waals surface area contributed by atoms with E-state index < -0.39 is 5.97 Å². The molecule has 0 unspecified atom stereocenters. The van der Waals surface area contributed by atoms with E-state index in [1.54, 1.807) is 31.2 Å². The molecule has 30 heavy (non-hydrogen) atoms. The van der Waals surface area contributed by atoms with E-state index in [-0.39, 0.29) is 30.9 Å². The van der Waals surface area contributed by atoms with E-state index in [1.807, 2.05) is 30.3 Å². The minimum atomic E-state index is -0.476. The molecule has 3 rings (SSSR count). The molecule has 0 atom stereocenters. The Labute approximate surface area is 178 Å². The van der Waals surface area contributed by atoms with E-state index in [9.17, 15) is 14.4 Å². The van der Waals surface area contributed by atoms with Crippen LogP contribution < -0.4 is 9.47 Å². The van der Waals surface area contributed by atoms with Gasteiger partial charge in [0.25, 0.3) is 11.1 Å². The molecule has 1 aliphatic heterocycles. The Kier molecular flexibility index (Phi) is 7.13. The second-order valence-electron chi connectivity index (χ2n) is 6.26. The molecule has 0 saturated carbocycles. The van der Waals surface area contributed by atoms with Gasteiger partial charge in [-0.05, 0) is 48.0 Å². The zero-order valence-corrected chi connectivity index (χ0v) is 17.4. The SMILES string of the molecule is CCOC(=O)COc1ccc(/C=C2\SC(=O)N(Cc3ccccc3)C2=O)cc1OC. The summed E-state index contributed by atoms with van der Waals surface area (Å²) in [5.74, 6) is -0.0392. The minimum Gasteiger partial charge on any atom is -0.493 e. The first-order chi connectivity index (χ1) is 14.5. The van der Waals surface area contributed by atoms with Crippen molar-refractivity contribution in [1.82, 2.24) is 4.90 Å². The summed E-state index contributed by atoms with van der Waals surface area (Å²) in [5, 5.41) is -0.309. The average molecular weight is 427 g/mol. The van der Waals surface area contributed by atoms with Crippen LogP contribution in [0.3, 0.4) is 0 Å². The number of carbonyl (C=O) groups excluding carboxylic acids is 3. The molecule has 2 aromatic rings. The fraction of sp³-hybridized carbons (Fsp3) is 0.227. The van der Waals surface area contributed by atoms with Gasteiger partial charge in [-0.1, -0.05) is 36.4 Å². The lowest BCUT2D eigenvalue weighted by Crippen LogP contribution is -2.27. The standard InChI is InChI=1S/C22H21NO6S/c1-3-28-20(24)14-29-17-10-9-16(11-18(17)27-2)12-19-21(25)23(22(26)30-19)13-15-7-5-4-6-8-15/h4-12H,3,13-14H2,1-2H3/b19-12-. The molecular weight excluding hydrogens is 406 g/mol. The van der Waals surface area contributed by atoms with E-state index in [1.165, 1.54) is 12.0 Å². The summed E-state index contributed by atoms with van der Waals surface area (Å²) in [7, 11) is 1.48. The van der Waals surface area contributed by atoms with Crippen LogP contribution in [0.4, 0.5) is 4.79 Å². The lowest BCUT2D eigenvalue weighted by atomic mass is 10.1. The fourth-order valence-electron chi connectivity index (χ4n) is 2.79. The maximum atomic E-state index is 12.7. The van der Waals surface area contributed by atoms with E-state index in [0.717, 1.165) is 17.3 Å². The van der Waals surface area contributed by atoms with Crippen LogP contribution in [0.25, 0.3) is 6.08 Å². The second-order valence-corrected chi connectivity index (χ2v) is 7.25. The van der Waals surface area contributed by atoms with Gasteiger partial charge in [-0.3, -0.25) is 14.5 Å². The minimum absolute atomic E-state index is 0.229. The Morgan fingerprint density at radius 3 is 2.57 bits per heavy atom. The number of amides is 2. The molecule has 0 aliphatic carbocycles. The van der Waals surface area contributed by atoms with Crippen molar-refractivity contribution in [2.45, 2.75) is 13.5 Å². The number of benzene rings is 2. The van der Waals surface area contributed by atoms with Gasteiger partial charge >= 0.3 is 5.97 Å². The Bertz CT molecular complexity index is 973. The monoisotopic (exact) mass is 427 g/mol. The smallest absolute Gasteiger partial charge is 0.344 e. The second kappa shape index (κ2) is 9.98. The van der Waals surface area contributed by atoms with Crippen molar-refractivity contribution >= 4 is 35.0 Å². The third-order valence-electron chi connectivity index (χ3n) is 4.19. The molecule has 1 saturated heterocycles. The molecular formula is C22H21NO6S. The molecule has 1 heterocycles. The van der Waals surface area contributed by atoms with Crippen LogP contribution >= 0.6 is 11.8 Å². The number of esters is 1. The Morgan fingerprint density at radius 2 is 1.87 bits per heavy atom. The normalized spacial score (nSPS) is 14.9. The van der Waals surface area contributed by atoms with Gasteiger partial charge in [-0.25, -0.2) is 4.79 Å². The van der Waals surface area contributed by atoms with Crippen LogP contribution in [0.2, 0.25) is 0 Å². The summed E-state index contributed by atoms with van der Waals surface area (Å²) in [6.07, 6.45) is 1.63. The fourth-order valence-corrected chi connectivity index (χ4v) is 3.62. The molecule has 8 heteroatoms. The summed E-state index contributed by atoms with van der Waals surface area (Å²) >= 11 is 0.898. The van der Waals surface area contributed by atoms with Crippen LogP contribution in [0.1, 0.15) is 18.1 Å². The number of nitrogens with zero attached hydrogens (tertiary/aromatic N) is 1. The summed E-state index contributed by atoms with van der Waals surface area (Å²) in [4.78, 5) is 38.0. The lowest BCUT2D eigenvalue weighted by Gasteiger charge is -2.12. The predicted octanol–water partition coefficient (Wildman–Crippen LogP) is 3.87. The maximum Gasteiger partial charge on any atom is 0.344 e. The van der Waals surface area contributed by atoms with Gasteiger partial charge in [-0.2, -0.15) is 0 Å². The van der Waals surface area contributed by atoms with Gasteiger partial charge in [0.15, 0.2) is 18.1 Å². The van der Waals surface area contributed by atoms with Crippen molar-refractivity contribution in [1.29, 1.82) is 0 Å². The number of thioether (sulfide) groups is 1. The lowest BCUT2D eigenvalue weighted by molar-refractivity contribution is -0.145. The van der Waals surface area contributed by atoms with Crippen molar-refractivity contribution in [3.63, 3.8) is 0 Å². The zero-order chi connectivity index (χ0) is 21.5. The first kappa shape index (κ1) is 21.4. The first-order valence-corrected chi connectivity index (χ1v) is 10.1. The highest BCUT2D eigenvalue weighted by atomic mass is 32.2. The van der Waals surface area contributed by atoms with Gasteiger partial charge in [0.1, 0.15) is 0 Å². The number of carbonyl (C=O) groups is 3. The number of hydrogen-bond acceptors (Lipinski definition) is 7. The highest BCUT2D eigenvalue weighted by molar-refractivity contribution is 8.18. The summed E-state index contributed by atoms with van der Waals surface area (Å²) in [5.41, 5.74) is 1.55. The van der Waals surface area contributed by atoms with E-state index in [2.05, 4.69) is 0 Å². The molecule has 156 valence electrons. The van der Waals surface area contributed by atoms with E-state index in [0.29, 0.717) is 22.0 Å². The molecule has 7 nitrogen and oxygen atoms in total. The van der Waals surface area contributed by atoms with Crippen molar-refractivity contribution in [2.24, 2.45) is 0 Å². The first-order valence-electron chi connectivity index (χ1n) is 9.27. The predicted molar refractivity (Wildman–Crippen MR) is 113 cm³/mol. The van der Waals surface area contributed by atoms with Crippen LogP contribution in [0.15, 0.2) is 53.4 Å². The van der Waals surface area contributed by atoms with Gasteiger partial charge < -0.3 is 14.2 Å². The molecule has 0 bridgehead atoms. The molecule has 2 aromatic carbocycles. The molecule has 0 aromatic heterocycles. The van der Waals surface area contributed by atoms with Gasteiger partial charge in [0.05, 0.1) is 25.2 Å². The zero-order valence-electron chi connectivity index (χ0n) is 16.6. The highest BCUT2D eigenvalue weighted by Crippen LogP contribution is 2.35. The summed E-state index contributed by atoms with van der Waals surface area (Å²) in [6.45, 7) is 1.99. The summed E-state index contributed by atoms with van der Waals surface area (Å²) < 4.78 is 15.6. The molecule has 0 N–H and O–H groups in total. The van der Waals surface area contributed by atoms with E-state index >= 15 is 0 Å². The number of hydrogen-bond donors (Lipinski definition) is 0. The molecule has 1 aliphatic rings. The topological polar surface area (TPSA) is 82.1 Å². The van der Waals surface area contributed by atoms with Crippen LogP contribution in [-0.4, -0.2) is 42.3 Å². The molecule has 0 spiro atoms. The quantitative estimate of drug-likeness (QED) is 0.467. The van der Waals surface area contributed by atoms with Gasteiger partial charge in [0, 0.05) is 0 Å². The van der Waals surface area contributed by atoms with Crippen LogP contribution in [0, 0.1) is 0 Å². The van der Waals surface area contributed by atoms with Crippen LogP contribution in [-0.2, 0) is 20.9 Å². The number of ether oxygens (including phenoxy) is 3. The Morgan fingerprint density at radius 1 is 1.10 bits per heavy atom. The van der Waals surface area contributed by atoms with E-state index in [4.69, 9.17) is 14.2 Å². The van der Waals surface area contributed by atoms with Crippen molar-refractivity contribution < 1.29 is 28.6 Å². The number of methoxy groups -OCH3 is 1.